The summed E-state index contributed by atoms with van der Waals surface area (Å²) < 4.78 is 31.9. The summed E-state index contributed by atoms with van der Waals surface area (Å²) in [6.45, 7) is 10.2. The predicted molar refractivity (Wildman–Crippen MR) is 84.5 cm³/mol. The van der Waals surface area contributed by atoms with E-state index in [1.807, 2.05) is 14.0 Å². The van der Waals surface area contributed by atoms with Crippen LogP contribution in [0.4, 0.5) is 0 Å². The zero-order chi connectivity index (χ0) is 16.1. The van der Waals surface area contributed by atoms with Crippen LogP contribution in [0.3, 0.4) is 0 Å². The maximum Gasteiger partial charge on any atom is 0.0701 e. The van der Waals surface area contributed by atoms with E-state index in [2.05, 4.69) is 5.32 Å². The average Bonchev–Trinajstić information content (AvgIpc) is 2.54. The van der Waals surface area contributed by atoms with E-state index in [9.17, 15) is 0 Å². The standard InChI is InChI=1S/C15H33NO6/c1-3-17-6-7-19-10-11-21-14-15-22-13-12-20-9-8-18-5-4-16-2/h16H,3-15H2,1-2H3. The molecule has 0 saturated carbocycles. The second-order valence-electron chi connectivity index (χ2n) is 4.36. The molecule has 0 aliphatic heterocycles. The molecule has 0 heterocycles. The Hall–Kier alpha value is -0.280. The third-order valence-corrected chi connectivity index (χ3v) is 2.56. The highest BCUT2D eigenvalue weighted by Crippen LogP contribution is 1.84. The smallest absolute Gasteiger partial charge is 0.0701 e. The van der Waals surface area contributed by atoms with Gasteiger partial charge in [-0.2, -0.15) is 0 Å². The molecule has 0 unspecified atom stereocenters. The Kier molecular flexibility index (Phi) is 20.5. The van der Waals surface area contributed by atoms with Gasteiger partial charge in [0.2, 0.25) is 0 Å². The van der Waals surface area contributed by atoms with Crippen molar-refractivity contribution < 1.29 is 28.4 Å². The number of rotatable bonds is 19. The van der Waals surface area contributed by atoms with Crippen LogP contribution in [-0.4, -0.2) is 92.9 Å². The first-order valence-corrected chi connectivity index (χ1v) is 8.02. The summed E-state index contributed by atoms with van der Waals surface area (Å²) in [5.74, 6) is 0. The topological polar surface area (TPSA) is 67.4 Å². The molecule has 0 rings (SSSR count). The number of hydrogen-bond acceptors (Lipinski definition) is 7. The number of hydrogen-bond donors (Lipinski definition) is 1. The molecule has 0 bridgehead atoms. The molecular weight excluding hydrogens is 290 g/mol. The van der Waals surface area contributed by atoms with E-state index in [1.165, 1.54) is 0 Å². The minimum absolute atomic E-state index is 0.570. The fourth-order valence-electron chi connectivity index (χ4n) is 1.42. The lowest BCUT2D eigenvalue weighted by atomic mass is 10.6. The van der Waals surface area contributed by atoms with Gasteiger partial charge in [0.25, 0.3) is 0 Å². The Balaban J connectivity index is 2.91. The fourth-order valence-corrected chi connectivity index (χ4v) is 1.42. The van der Waals surface area contributed by atoms with Crippen molar-refractivity contribution in [3.05, 3.63) is 0 Å². The molecule has 0 radical (unpaired) electrons. The molecule has 7 heteroatoms. The zero-order valence-corrected chi connectivity index (χ0v) is 14.1. The molecule has 7 nitrogen and oxygen atoms in total. The van der Waals surface area contributed by atoms with E-state index in [1.54, 1.807) is 0 Å². The summed E-state index contributed by atoms with van der Waals surface area (Å²) in [6.07, 6.45) is 0. The Morgan fingerprint density at radius 2 is 0.818 bits per heavy atom. The van der Waals surface area contributed by atoms with Crippen LogP contribution in [0.2, 0.25) is 0 Å². The summed E-state index contributed by atoms with van der Waals surface area (Å²) in [5.41, 5.74) is 0. The minimum Gasteiger partial charge on any atom is -0.379 e. The molecule has 0 aromatic carbocycles. The lowest BCUT2D eigenvalue weighted by Gasteiger charge is -2.08. The summed E-state index contributed by atoms with van der Waals surface area (Å²) >= 11 is 0. The second-order valence-corrected chi connectivity index (χ2v) is 4.36. The molecule has 0 aliphatic carbocycles. The molecule has 0 spiro atoms. The van der Waals surface area contributed by atoms with Gasteiger partial charge in [0.1, 0.15) is 0 Å². The third-order valence-electron chi connectivity index (χ3n) is 2.56. The van der Waals surface area contributed by atoms with E-state index in [0.717, 1.165) is 13.2 Å². The Morgan fingerprint density at radius 1 is 0.500 bits per heavy atom. The SMILES string of the molecule is CCOCCOCCOCCOCCOCCOCCNC. The monoisotopic (exact) mass is 323 g/mol. The van der Waals surface area contributed by atoms with E-state index >= 15 is 0 Å². The molecule has 0 saturated heterocycles. The van der Waals surface area contributed by atoms with Crippen molar-refractivity contribution >= 4 is 0 Å². The first-order valence-electron chi connectivity index (χ1n) is 8.02. The third kappa shape index (κ3) is 19.7. The van der Waals surface area contributed by atoms with Crippen LogP contribution < -0.4 is 5.32 Å². The number of ether oxygens (including phenoxy) is 6. The van der Waals surface area contributed by atoms with Gasteiger partial charge in [0, 0.05) is 13.2 Å². The van der Waals surface area contributed by atoms with E-state index in [0.29, 0.717) is 72.7 Å². The van der Waals surface area contributed by atoms with E-state index in [4.69, 9.17) is 28.4 Å². The molecule has 0 aromatic rings. The summed E-state index contributed by atoms with van der Waals surface area (Å²) in [4.78, 5) is 0. The van der Waals surface area contributed by atoms with Gasteiger partial charge < -0.3 is 33.7 Å². The van der Waals surface area contributed by atoms with Gasteiger partial charge >= 0.3 is 0 Å². The van der Waals surface area contributed by atoms with Gasteiger partial charge in [-0.1, -0.05) is 0 Å². The quantitative estimate of drug-likeness (QED) is 0.344. The normalized spacial score (nSPS) is 11.2. The van der Waals surface area contributed by atoms with Crippen molar-refractivity contribution in [2.24, 2.45) is 0 Å². The van der Waals surface area contributed by atoms with Crippen molar-refractivity contribution in [2.45, 2.75) is 6.92 Å². The first-order chi connectivity index (χ1) is 10.9. The maximum atomic E-state index is 5.38. The largest absolute Gasteiger partial charge is 0.379 e. The van der Waals surface area contributed by atoms with Gasteiger partial charge in [-0.05, 0) is 14.0 Å². The van der Waals surface area contributed by atoms with Crippen LogP contribution in [0.5, 0.6) is 0 Å². The molecule has 0 atom stereocenters. The predicted octanol–water partition coefficient (Wildman–Crippen LogP) is 0.325. The highest BCUT2D eigenvalue weighted by molar-refractivity contribution is 4.38. The average molecular weight is 323 g/mol. The summed E-state index contributed by atoms with van der Waals surface area (Å²) in [7, 11) is 1.90. The van der Waals surface area contributed by atoms with E-state index in [-0.39, 0.29) is 0 Å². The molecular formula is C15H33NO6. The summed E-state index contributed by atoms with van der Waals surface area (Å²) in [6, 6.07) is 0. The molecule has 0 aromatic heterocycles. The minimum atomic E-state index is 0.570. The van der Waals surface area contributed by atoms with Gasteiger partial charge in [-0.25, -0.2) is 0 Å². The van der Waals surface area contributed by atoms with Gasteiger partial charge in [-0.3, -0.25) is 0 Å². The fraction of sp³-hybridized carbons (Fsp3) is 1.00. The number of likely N-dealkylation sites (N-methyl/N-ethyl adjacent to an activating group) is 1. The van der Waals surface area contributed by atoms with Crippen molar-refractivity contribution in [3.8, 4) is 0 Å². The highest BCUT2D eigenvalue weighted by atomic mass is 16.6. The molecule has 134 valence electrons. The molecule has 22 heavy (non-hydrogen) atoms. The maximum absolute atomic E-state index is 5.38. The van der Waals surface area contributed by atoms with Gasteiger partial charge in [0.05, 0.1) is 72.7 Å². The van der Waals surface area contributed by atoms with Gasteiger partial charge in [0.15, 0.2) is 0 Å². The first kappa shape index (κ1) is 21.7. The lowest BCUT2D eigenvalue weighted by molar-refractivity contribution is -0.0160. The molecule has 0 amide bonds. The van der Waals surface area contributed by atoms with Crippen LogP contribution in [0.25, 0.3) is 0 Å². The molecule has 0 aliphatic rings. The van der Waals surface area contributed by atoms with Crippen LogP contribution in [0, 0.1) is 0 Å². The lowest BCUT2D eigenvalue weighted by Crippen LogP contribution is -2.17. The second kappa shape index (κ2) is 20.7. The molecule has 0 fully saturated rings. The van der Waals surface area contributed by atoms with Gasteiger partial charge in [-0.15, -0.1) is 0 Å². The number of nitrogens with one attached hydrogen (secondary N) is 1. The highest BCUT2D eigenvalue weighted by Gasteiger charge is 1.93. The molecule has 1 N–H and O–H groups in total. The van der Waals surface area contributed by atoms with E-state index < -0.39 is 0 Å². The Bertz CT molecular complexity index is 177. The van der Waals surface area contributed by atoms with Crippen LogP contribution in [0.1, 0.15) is 6.92 Å². The Labute approximate surface area is 134 Å². The van der Waals surface area contributed by atoms with Crippen molar-refractivity contribution in [1.82, 2.24) is 5.32 Å². The van der Waals surface area contributed by atoms with Crippen molar-refractivity contribution in [2.75, 3.05) is 92.9 Å². The van der Waals surface area contributed by atoms with Crippen LogP contribution in [-0.2, 0) is 28.4 Å². The zero-order valence-electron chi connectivity index (χ0n) is 14.1. The van der Waals surface area contributed by atoms with Crippen molar-refractivity contribution in [1.29, 1.82) is 0 Å². The Morgan fingerprint density at radius 3 is 1.14 bits per heavy atom. The van der Waals surface area contributed by atoms with Crippen molar-refractivity contribution in [3.63, 3.8) is 0 Å². The van der Waals surface area contributed by atoms with Crippen LogP contribution >= 0.6 is 0 Å². The summed E-state index contributed by atoms with van der Waals surface area (Å²) in [5, 5.41) is 3.01. The van der Waals surface area contributed by atoms with Crippen LogP contribution in [0.15, 0.2) is 0 Å².